The first-order valence-corrected chi connectivity index (χ1v) is 19.9. The first-order chi connectivity index (χ1) is 26.1. The monoisotopic (exact) mass is 696 g/mol. The molecule has 2 aliphatic heterocycles. The lowest BCUT2D eigenvalue weighted by molar-refractivity contribution is 0.196. The van der Waals surface area contributed by atoms with Gasteiger partial charge in [-0.05, 0) is 89.5 Å². The third-order valence-corrected chi connectivity index (χ3v) is 15.7. The molecule has 2 heterocycles. The lowest BCUT2D eigenvalue weighted by atomic mass is 10.0. The third kappa shape index (κ3) is 4.83. The van der Waals surface area contributed by atoms with Gasteiger partial charge in [0.1, 0.15) is 0 Å². The minimum absolute atomic E-state index is 0.614. The molecule has 0 saturated carbocycles. The largest absolute Gasteiger partial charge is 0.189 e. The van der Waals surface area contributed by atoms with Gasteiger partial charge >= 0.3 is 0 Å². The van der Waals surface area contributed by atoms with Gasteiger partial charge in [0, 0.05) is 0 Å². The van der Waals surface area contributed by atoms with Gasteiger partial charge in [-0.2, -0.15) is 10.1 Å². The van der Waals surface area contributed by atoms with E-state index in [0.717, 1.165) is 75.4 Å². The molecule has 8 aromatic rings. The zero-order valence-corrected chi connectivity index (χ0v) is 29.7. The van der Waals surface area contributed by atoms with E-state index in [-0.39, 0.29) is 0 Å². The fourth-order valence-electron chi connectivity index (χ4n) is 8.42. The van der Waals surface area contributed by atoms with Gasteiger partial charge < -0.3 is 0 Å². The number of hydrogen-bond acceptors (Lipinski definition) is 2. The summed E-state index contributed by atoms with van der Waals surface area (Å²) in [6.45, 7) is 0. The molecule has 53 heavy (non-hydrogen) atoms. The molecule has 0 aromatic heterocycles. The predicted molar refractivity (Wildman–Crippen MR) is 217 cm³/mol. The minimum Gasteiger partial charge on any atom is -0.189 e. The number of benzene rings is 8. The van der Waals surface area contributed by atoms with Crippen molar-refractivity contribution in [3.63, 3.8) is 0 Å². The average molecular weight is 697 g/mol. The maximum absolute atomic E-state index is 14.8. The third-order valence-electron chi connectivity index (χ3n) is 10.9. The second-order valence-electron chi connectivity index (χ2n) is 13.7. The van der Waals surface area contributed by atoms with Crippen molar-refractivity contribution in [3.8, 4) is 44.5 Å². The summed E-state index contributed by atoms with van der Waals surface area (Å²) in [5.41, 5.74) is 10.8. The van der Waals surface area contributed by atoms with Crippen LogP contribution in [-0.2, 0) is 10.4 Å². The standard InChI is InChI=1S/C48H32N2O2Si/c51-49-41-25-21-37(33-13-5-1-6-14-33)29-45(41)53(46-30-38(22-26-42(46)49)34-15-7-2-8-16-34)47-31-39(35-17-9-3-10-18-35)23-27-43(47)50(52)44-28-24-40(32-48(44)53)36-19-11-4-12-20-36/h1-32H. The predicted octanol–water partition coefficient (Wildman–Crippen LogP) is 9.33. The molecule has 0 unspecified atom stereocenters. The quantitative estimate of drug-likeness (QED) is 0.172. The van der Waals surface area contributed by atoms with Gasteiger partial charge in [0.2, 0.25) is 0 Å². The van der Waals surface area contributed by atoms with Crippen LogP contribution in [0.25, 0.3) is 44.5 Å². The molecule has 2 aliphatic rings. The lowest BCUT2D eigenvalue weighted by Crippen LogP contribution is -2.79. The SMILES string of the molecule is [O]N1c2ccc(-c3ccccc3)cc2[Si]2(c3cc(-c4ccccc4)ccc31)c1cc(-c3ccccc3)ccc1N([O])c1ccc(-c3ccccc3)cc12. The van der Waals surface area contributed by atoms with Crippen LogP contribution in [0.3, 0.4) is 0 Å². The molecule has 2 radical (unpaired) electrons. The fraction of sp³-hybridized carbons (Fsp3) is 0. The Labute approximate surface area is 309 Å². The van der Waals surface area contributed by atoms with Crippen molar-refractivity contribution in [2.75, 3.05) is 10.1 Å². The molecule has 5 heteroatoms. The van der Waals surface area contributed by atoms with Crippen LogP contribution >= 0.6 is 0 Å². The number of rotatable bonds is 4. The highest BCUT2D eigenvalue weighted by atomic mass is 28.3. The van der Waals surface area contributed by atoms with Crippen molar-refractivity contribution in [1.29, 1.82) is 0 Å². The molecular formula is C48H32N2O2Si. The Bertz CT molecular complexity index is 2280. The van der Waals surface area contributed by atoms with E-state index >= 15 is 0 Å². The summed E-state index contributed by atoms with van der Waals surface area (Å²) in [5.74, 6) is 0. The summed E-state index contributed by atoms with van der Waals surface area (Å²) < 4.78 is 0. The summed E-state index contributed by atoms with van der Waals surface area (Å²) in [5, 5.41) is 35.6. The second-order valence-corrected chi connectivity index (χ2v) is 17.4. The Morgan fingerprint density at radius 3 is 0.717 bits per heavy atom. The van der Waals surface area contributed by atoms with Crippen molar-refractivity contribution < 1.29 is 10.4 Å². The summed E-state index contributed by atoms with van der Waals surface area (Å²) >= 11 is 0. The van der Waals surface area contributed by atoms with Crippen LogP contribution in [0.5, 0.6) is 0 Å². The van der Waals surface area contributed by atoms with Crippen LogP contribution in [0, 0.1) is 0 Å². The van der Waals surface area contributed by atoms with Gasteiger partial charge in [-0.3, -0.25) is 0 Å². The zero-order chi connectivity index (χ0) is 35.5. The molecule has 0 N–H and O–H groups in total. The molecule has 250 valence electrons. The Morgan fingerprint density at radius 2 is 0.491 bits per heavy atom. The normalized spacial score (nSPS) is 13.5. The van der Waals surface area contributed by atoms with Crippen molar-refractivity contribution in [3.05, 3.63) is 194 Å². The van der Waals surface area contributed by atoms with Crippen molar-refractivity contribution in [2.45, 2.75) is 0 Å². The van der Waals surface area contributed by atoms with Gasteiger partial charge in [0.15, 0.2) is 8.07 Å². The molecule has 4 nitrogen and oxygen atoms in total. The summed E-state index contributed by atoms with van der Waals surface area (Å²) in [4.78, 5) is 0. The molecule has 0 amide bonds. The first-order valence-electron chi connectivity index (χ1n) is 17.9. The number of nitrogens with zero attached hydrogens (tertiary/aromatic N) is 2. The molecular weight excluding hydrogens is 665 g/mol. The minimum atomic E-state index is -3.48. The van der Waals surface area contributed by atoms with E-state index in [2.05, 4.69) is 97.1 Å². The van der Waals surface area contributed by atoms with Crippen LogP contribution in [0.15, 0.2) is 194 Å². The Hall–Kier alpha value is -6.50. The lowest BCUT2D eigenvalue weighted by Gasteiger charge is -2.47. The van der Waals surface area contributed by atoms with Crippen LogP contribution in [0.4, 0.5) is 22.7 Å². The highest BCUT2D eigenvalue weighted by Gasteiger charge is 2.55. The van der Waals surface area contributed by atoms with Gasteiger partial charge in [0.25, 0.3) is 0 Å². The van der Waals surface area contributed by atoms with Gasteiger partial charge in [-0.15, -0.1) is 0 Å². The molecule has 8 aromatic carbocycles. The molecule has 0 aliphatic carbocycles. The Morgan fingerprint density at radius 1 is 0.264 bits per heavy atom. The van der Waals surface area contributed by atoms with E-state index in [1.807, 2.05) is 97.1 Å². The van der Waals surface area contributed by atoms with Crippen LogP contribution in [-0.4, -0.2) is 8.07 Å². The van der Waals surface area contributed by atoms with Crippen molar-refractivity contribution in [2.24, 2.45) is 0 Å². The average Bonchev–Trinajstić information content (AvgIpc) is 3.24. The van der Waals surface area contributed by atoms with E-state index in [4.69, 9.17) is 0 Å². The van der Waals surface area contributed by atoms with E-state index < -0.39 is 8.07 Å². The Kier molecular flexibility index (Phi) is 7.27. The molecule has 10 rings (SSSR count). The smallest absolute Gasteiger partial charge is 0.188 e. The molecule has 0 atom stereocenters. The second kappa shape index (κ2) is 12.3. The van der Waals surface area contributed by atoms with Crippen LogP contribution in [0.1, 0.15) is 0 Å². The van der Waals surface area contributed by atoms with Crippen LogP contribution < -0.4 is 30.9 Å². The van der Waals surface area contributed by atoms with E-state index in [1.54, 1.807) is 0 Å². The number of hydrogen-bond donors (Lipinski definition) is 0. The van der Waals surface area contributed by atoms with E-state index in [1.165, 1.54) is 0 Å². The van der Waals surface area contributed by atoms with E-state index in [9.17, 15) is 10.4 Å². The maximum atomic E-state index is 14.8. The van der Waals surface area contributed by atoms with Crippen LogP contribution in [0.2, 0.25) is 0 Å². The van der Waals surface area contributed by atoms with Gasteiger partial charge in [-0.1, -0.05) is 180 Å². The van der Waals surface area contributed by atoms with Gasteiger partial charge in [-0.25, -0.2) is 0 Å². The van der Waals surface area contributed by atoms with Gasteiger partial charge in [0.05, 0.1) is 22.7 Å². The summed E-state index contributed by atoms with van der Waals surface area (Å²) in [6, 6.07) is 66.4. The fourth-order valence-corrected chi connectivity index (χ4v) is 13.9. The molecule has 0 bridgehead atoms. The summed E-state index contributed by atoms with van der Waals surface area (Å²) in [7, 11) is -3.48. The maximum Gasteiger partial charge on any atom is 0.188 e. The highest BCUT2D eigenvalue weighted by molar-refractivity contribution is 7.23. The number of fused-ring (bicyclic) bond motifs is 8. The molecule has 0 fully saturated rings. The van der Waals surface area contributed by atoms with E-state index in [0.29, 0.717) is 22.7 Å². The molecule has 0 saturated heterocycles. The molecule has 1 spiro atoms. The first kappa shape index (κ1) is 31.2. The Balaban J connectivity index is 1.38. The summed E-state index contributed by atoms with van der Waals surface area (Å²) in [6.07, 6.45) is 0. The van der Waals surface area contributed by atoms with Crippen molar-refractivity contribution in [1.82, 2.24) is 0 Å². The number of anilines is 4. The van der Waals surface area contributed by atoms with Crippen molar-refractivity contribution >= 4 is 51.6 Å². The highest BCUT2D eigenvalue weighted by Crippen LogP contribution is 2.41. The topological polar surface area (TPSA) is 46.3 Å². The zero-order valence-electron chi connectivity index (χ0n) is 28.7.